The minimum atomic E-state index is -1.53. The highest BCUT2D eigenvalue weighted by Crippen LogP contribution is 2.47. The second-order valence-corrected chi connectivity index (χ2v) is 7.60. The van der Waals surface area contributed by atoms with Crippen LogP contribution in [0.15, 0.2) is 59.8 Å². The molecule has 0 unspecified atom stereocenters. The third-order valence-electron chi connectivity index (χ3n) is 6.02. The Morgan fingerprint density at radius 2 is 1.72 bits per heavy atom. The van der Waals surface area contributed by atoms with E-state index in [4.69, 9.17) is 9.47 Å². The zero-order valence-corrected chi connectivity index (χ0v) is 17.0. The van der Waals surface area contributed by atoms with Crippen LogP contribution in [0, 0.1) is 0 Å². The van der Waals surface area contributed by atoms with Crippen LogP contribution in [0.3, 0.4) is 0 Å². The molecule has 4 rings (SSSR count). The van der Waals surface area contributed by atoms with E-state index < -0.39 is 5.60 Å². The number of carbonyl (C=O) groups is 1. The molecule has 0 radical (unpaired) electrons. The molecule has 5 nitrogen and oxygen atoms in total. The number of benzene rings is 2. The van der Waals surface area contributed by atoms with Crippen molar-refractivity contribution in [2.75, 3.05) is 20.8 Å². The topological polar surface area (TPSA) is 59.0 Å². The normalized spacial score (nSPS) is 21.3. The summed E-state index contributed by atoms with van der Waals surface area (Å²) in [6, 6.07) is 15.1. The average molecular weight is 393 g/mol. The molecule has 5 heteroatoms. The van der Waals surface area contributed by atoms with Gasteiger partial charge in [-0.05, 0) is 60.9 Å². The maximum absolute atomic E-state index is 13.4. The van der Waals surface area contributed by atoms with Gasteiger partial charge in [0.1, 0.15) is 0 Å². The van der Waals surface area contributed by atoms with Crippen molar-refractivity contribution in [2.24, 2.45) is 0 Å². The lowest BCUT2D eigenvalue weighted by molar-refractivity contribution is -0.143. The molecule has 2 aliphatic rings. The molecule has 1 atom stereocenters. The zero-order valence-electron chi connectivity index (χ0n) is 17.0. The summed E-state index contributed by atoms with van der Waals surface area (Å²) in [4.78, 5) is 15.2. The Labute approximate surface area is 171 Å². The first kappa shape index (κ1) is 19.5. The van der Waals surface area contributed by atoms with Crippen LogP contribution in [-0.2, 0) is 16.8 Å². The van der Waals surface area contributed by atoms with Gasteiger partial charge >= 0.3 is 0 Å². The minimum absolute atomic E-state index is 0.226. The van der Waals surface area contributed by atoms with E-state index in [1.165, 1.54) is 0 Å². The summed E-state index contributed by atoms with van der Waals surface area (Å²) >= 11 is 0. The molecular weight excluding hydrogens is 366 g/mol. The van der Waals surface area contributed by atoms with Crippen molar-refractivity contribution in [3.63, 3.8) is 0 Å². The molecule has 1 heterocycles. The predicted molar refractivity (Wildman–Crippen MR) is 111 cm³/mol. The summed E-state index contributed by atoms with van der Waals surface area (Å²) in [5.41, 5.74) is 2.08. The third-order valence-corrected chi connectivity index (χ3v) is 6.02. The maximum atomic E-state index is 13.4. The molecule has 0 saturated heterocycles. The summed E-state index contributed by atoms with van der Waals surface area (Å²) in [6.45, 7) is 0.530. The highest BCUT2D eigenvalue weighted by atomic mass is 16.5. The standard InChI is InChI=1S/C24H27NO4/c1-28-21-13-12-17(16-22(21)29-2)14-15-25-20-11-7-6-10-19(20)24(27,23(25)26)18-8-4-3-5-9-18/h3-5,8-9,12-13,16,27H,6-7,10-11,14-15H2,1-2H3/t24-/m0/s1. The predicted octanol–water partition coefficient (Wildman–Crippen LogP) is 3.80. The summed E-state index contributed by atoms with van der Waals surface area (Å²) < 4.78 is 10.7. The molecular formula is C24H27NO4. The first-order chi connectivity index (χ1) is 14.1. The van der Waals surface area contributed by atoms with Crippen molar-refractivity contribution in [1.82, 2.24) is 4.90 Å². The van der Waals surface area contributed by atoms with Crippen molar-refractivity contribution in [3.8, 4) is 11.5 Å². The smallest absolute Gasteiger partial charge is 0.267 e. The Morgan fingerprint density at radius 3 is 2.45 bits per heavy atom. The number of methoxy groups -OCH3 is 2. The van der Waals surface area contributed by atoms with Crippen molar-refractivity contribution in [1.29, 1.82) is 0 Å². The van der Waals surface area contributed by atoms with Gasteiger partial charge in [-0.1, -0.05) is 36.4 Å². The van der Waals surface area contributed by atoms with Gasteiger partial charge in [0, 0.05) is 12.2 Å². The van der Waals surface area contributed by atoms with Gasteiger partial charge in [0.2, 0.25) is 0 Å². The SMILES string of the molecule is COc1ccc(CCN2C(=O)[C@](O)(c3ccccc3)C3=C2CCCC3)cc1OC. The lowest BCUT2D eigenvalue weighted by atomic mass is 9.82. The van der Waals surface area contributed by atoms with Crippen molar-refractivity contribution in [3.05, 3.63) is 70.9 Å². The molecule has 1 aliphatic carbocycles. The summed E-state index contributed by atoms with van der Waals surface area (Å²) in [5.74, 6) is 1.14. The number of rotatable bonds is 6. The van der Waals surface area contributed by atoms with Crippen LogP contribution in [0.5, 0.6) is 11.5 Å². The lowest BCUT2D eigenvalue weighted by Gasteiger charge is -2.26. The molecule has 152 valence electrons. The molecule has 2 aromatic carbocycles. The highest BCUT2D eigenvalue weighted by Gasteiger charge is 2.52. The van der Waals surface area contributed by atoms with Crippen LogP contribution in [-0.4, -0.2) is 36.7 Å². The molecule has 0 spiro atoms. The Balaban J connectivity index is 1.61. The number of aliphatic hydroxyl groups is 1. The number of hydrogen-bond acceptors (Lipinski definition) is 4. The first-order valence-corrected chi connectivity index (χ1v) is 10.1. The molecule has 29 heavy (non-hydrogen) atoms. The lowest BCUT2D eigenvalue weighted by Crippen LogP contribution is -2.41. The van der Waals surface area contributed by atoms with Crippen molar-refractivity contribution >= 4 is 5.91 Å². The summed E-state index contributed by atoms with van der Waals surface area (Å²) in [6.07, 6.45) is 4.32. The van der Waals surface area contributed by atoms with Crippen molar-refractivity contribution < 1.29 is 19.4 Å². The van der Waals surface area contributed by atoms with Gasteiger partial charge in [-0.15, -0.1) is 0 Å². The van der Waals surface area contributed by atoms with Gasteiger partial charge in [-0.25, -0.2) is 0 Å². The Bertz CT molecular complexity index is 937. The number of carbonyl (C=O) groups excluding carboxylic acids is 1. The maximum Gasteiger partial charge on any atom is 0.267 e. The van der Waals surface area contributed by atoms with Crippen molar-refractivity contribution in [2.45, 2.75) is 37.7 Å². The minimum Gasteiger partial charge on any atom is -0.493 e. The molecule has 1 aliphatic heterocycles. The monoisotopic (exact) mass is 393 g/mol. The molecule has 0 fully saturated rings. The van der Waals surface area contributed by atoms with Crippen LogP contribution in [0.25, 0.3) is 0 Å². The van der Waals surface area contributed by atoms with Crippen LogP contribution >= 0.6 is 0 Å². The fraction of sp³-hybridized carbons (Fsp3) is 0.375. The number of ether oxygens (including phenoxy) is 2. The third kappa shape index (κ3) is 3.29. The van der Waals surface area contributed by atoms with Gasteiger partial charge in [-0.2, -0.15) is 0 Å². The van der Waals surface area contributed by atoms with Crippen LogP contribution in [0.2, 0.25) is 0 Å². The molecule has 1 amide bonds. The summed E-state index contributed by atoms with van der Waals surface area (Å²) in [7, 11) is 3.23. The van der Waals surface area contributed by atoms with E-state index in [2.05, 4.69) is 0 Å². The van der Waals surface area contributed by atoms with E-state index in [0.29, 0.717) is 30.0 Å². The molecule has 1 N–H and O–H groups in total. The largest absolute Gasteiger partial charge is 0.493 e. The van der Waals surface area contributed by atoms with Gasteiger partial charge in [-0.3, -0.25) is 4.79 Å². The number of allylic oxidation sites excluding steroid dienone is 1. The zero-order chi connectivity index (χ0) is 20.4. The van der Waals surface area contributed by atoms with Crippen LogP contribution in [0.1, 0.15) is 36.8 Å². The Hall–Kier alpha value is -2.79. The van der Waals surface area contributed by atoms with E-state index in [1.54, 1.807) is 19.1 Å². The second-order valence-electron chi connectivity index (χ2n) is 7.60. The number of hydrogen-bond donors (Lipinski definition) is 1. The summed E-state index contributed by atoms with van der Waals surface area (Å²) in [5, 5.41) is 11.6. The van der Waals surface area contributed by atoms with E-state index in [1.807, 2.05) is 48.5 Å². The van der Waals surface area contributed by atoms with E-state index in [0.717, 1.165) is 42.5 Å². The fourth-order valence-corrected chi connectivity index (χ4v) is 4.51. The quantitative estimate of drug-likeness (QED) is 0.811. The highest BCUT2D eigenvalue weighted by molar-refractivity contribution is 5.95. The van der Waals surface area contributed by atoms with Gasteiger partial charge in [0.25, 0.3) is 5.91 Å². The molecule has 0 aromatic heterocycles. The van der Waals surface area contributed by atoms with Crippen LogP contribution < -0.4 is 9.47 Å². The molecule has 2 aromatic rings. The van der Waals surface area contributed by atoms with Crippen LogP contribution in [0.4, 0.5) is 0 Å². The van der Waals surface area contributed by atoms with E-state index in [-0.39, 0.29) is 5.91 Å². The van der Waals surface area contributed by atoms with Gasteiger partial charge in [0.15, 0.2) is 17.1 Å². The molecule has 0 saturated carbocycles. The van der Waals surface area contributed by atoms with Gasteiger partial charge in [0.05, 0.1) is 14.2 Å². The molecule has 0 bridgehead atoms. The average Bonchev–Trinajstić information content (AvgIpc) is 3.00. The fourth-order valence-electron chi connectivity index (χ4n) is 4.51. The van der Waals surface area contributed by atoms with E-state index >= 15 is 0 Å². The van der Waals surface area contributed by atoms with Gasteiger partial charge < -0.3 is 19.5 Å². The second kappa shape index (κ2) is 7.91. The number of nitrogens with zero attached hydrogens (tertiary/aromatic N) is 1. The first-order valence-electron chi connectivity index (χ1n) is 10.1. The Kier molecular flexibility index (Phi) is 5.33. The van der Waals surface area contributed by atoms with E-state index in [9.17, 15) is 9.90 Å². The number of amides is 1. The Morgan fingerprint density at radius 1 is 1.00 bits per heavy atom.